The quantitative estimate of drug-likeness (QED) is 0.911. The average Bonchev–Trinajstić information content (AvgIpc) is 2.89. The lowest BCUT2D eigenvalue weighted by Gasteiger charge is -2.32. The van der Waals surface area contributed by atoms with Crippen molar-refractivity contribution in [1.82, 2.24) is 0 Å². The Labute approximate surface area is 125 Å². The summed E-state index contributed by atoms with van der Waals surface area (Å²) < 4.78 is 6.03. The molecule has 0 saturated carbocycles. The first-order valence-electron chi connectivity index (χ1n) is 6.36. The van der Waals surface area contributed by atoms with E-state index in [1.54, 1.807) is 6.07 Å². The van der Waals surface area contributed by atoms with Gasteiger partial charge in [-0.15, -0.1) is 0 Å². The molecule has 1 saturated heterocycles. The number of halogens is 1. The number of nitriles is 1. The summed E-state index contributed by atoms with van der Waals surface area (Å²) in [7, 11) is 0. The van der Waals surface area contributed by atoms with Gasteiger partial charge in [0.15, 0.2) is 0 Å². The summed E-state index contributed by atoms with van der Waals surface area (Å²) in [5.74, 6) is -1.43. The highest BCUT2D eigenvalue weighted by atomic mass is 79.9. The van der Waals surface area contributed by atoms with Crippen molar-refractivity contribution >= 4 is 27.6 Å². The fourth-order valence-electron chi connectivity index (χ4n) is 2.53. The molecule has 5 nitrogen and oxygen atoms in total. The minimum absolute atomic E-state index is 0.215. The summed E-state index contributed by atoms with van der Waals surface area (Å²) in [5, 5.41) is 18.6. The number of carbonyl (C=O) groups is 1. The van der Waals surface area contributed by atoms with Gasteiger partial charge in [0.05, 0.1) is 30.5 Å². The van der Waals surface area contributed by atoms with Crippen LogP contribution in [0.25, 0.3) is 0 Å². The lowest BCUT2D eigenvalue weighted by molar-refractivity contribution is -0.141. The number of carboxylic acids is 1. The molecular weight excluding hydrogens is 324 g/mol. The number of ether oxygens (including phenoxy) is 1. The molecule has 2 unspecified atom stereocenters. The van der Waals surface area contributed by atoms with Crippen LogP contribution in [0.1, 0.15) is 12.5 Å². The first-order chi connectivity index (χ1) is 9.60. The fraction of sp³-hybridized carbons (Fsp3) is 0.429. The summed E-state index contributed by atoms with van der Waals surface area (Å²) in [4.78, 5) is 13.2. The molecule has 1 aliphatic rings. The summed E-state index contributed by atoms with van der Waals surface area (Å²) in [6, 6.07) is 7.40. The van der Waals surface area contributed by atoms with Crippen molar-refractivity contribution in [1.29, 1.82) is 5.26 Å². The number of benzene rings is 1. The Morgan fingerprint density at radius 1 is 1.60 bits per heavy atom. The molecule has 0 radical (unpaired) electrons. The van der Waals surface area contributed by atoms with Crippen LogP contribution in [0.5, 0.6) is 0 Å². The summed E-state index contributed by atoms with van der Waals surface area (Å²) >= 11 is 3.36. The van der Waals surface area contributed by atoms with Gasteiger partial charge < -0.3 is 14.7 Å². The van der Waals surface area contributed by atoms with Gasteiger partial charge in [-0.05, 0) is 35.0 Å². The molecule has 0 bridgehead atoms. The Morgan fingerprint density at radius 3 is 2.95 bits per heavy atom. The molecule has 1 heterocycles. The van der Waals surface area contributed by atoms with Crippen LogP contribution in [0.3, 0.4) is 0 Å². The molecule has 1 N–H and O–H groups in total. The highest BCUT2D eigenvalue weighted by Crippen LogP contribution is 2.31. The summed E-state index contributed by atoms with van der Waals surface area (Å²) in [6.45, 7) is 3.14. The van der Waals surface area contributed by atoms with Crippen LogP contribution in [0.15, 0.2) is 22.7 Å². The zero-order chi connectivity index (χ0) is 14.7. The maximum absolute atomic E-state index is 11.3. The van der Waals surface area contributed by atoms with E-state index in [9.17, 15) is 15.2 Å². The molecule has 0 spiro atoms. The maximum atomic E-state index is 11.3. The van der Waals surface area contributed by atoms with Gasteiger partial charge >= 0.3 is 5.97 Å². The van der Waals surface area contributed by atoms with Crippen LogP contribution < -0.4 is 4.90 Å². The standard InChI is InChI=1S/C14H15BrN2O3/c1-2-17(13-8-20-7-10(13)14(18)19)12-5-3-4-11(15)9(12)6-16/h3-5,10,13H,2,7-8H2,1H3,(H,18,19). The first kappa shape index (κ1) is 14.8. The molecule has 2 atom stereocenters. The second kappa shape index (κ2) is 6.25. The Hall–Kier alpha value is -1.58. The Kier molecular flexibility index (Phi) is 4.63. The Balaban J connectivity index is 2.41. The van der Waals surface area contributed by atoms with Crippen LogP contribution >= 0.6 is 15.9 Å². The van der Waals surface area contributed by atoms with E-state index in [1.807, 2.05) is 24.0 Å². The van der Waals surface area contributed by atoms with Crippen molar-refractivity contribution in [3.63, 3.8) is 0 Å². The zero-order valence-electron chi connectivity index (χ0n) is 11.0. The van der Waals surface area contributed by atoms with Gasteiger partial charge in [-0.1, -0.05) is 6.07 Å². The molecule has 1 aromatic carbocycles. The van der Waals surface area contributed by atoms with Crippen LogP contribution in [-0.2, 0) is 9.53 Å². The van der Waals surface area contributed by atoms with Crippen molar-refractivity contribution in [2.45, 2.75) is 13.0 Å². The first-order valence-corrected chi connectivity index (χ1v) is 7.15. The van der Waals surface area contributed by atoms with E-state index in [4.69, 9.17) is 4.74 Å². The molecular formula is C14H15BrN2O3. The van der Waals surface area contributed by atoms with E-state index in [1.165, 1.54) is 0 Å². The number of likely N-dealkylation sites (N-methyl/N-ethyl adjacent to an activating group) is 1. The van der Waals surface area contributed by atoms with Gasteiger partial charge in [0.1, 0.15) is 12.0 Å². The molecule has 1 fully saturated rings. The second-order valence-electron chi connectivity index (χ2n) is 4.58. The molecule has 0 aromatic heterocycles. The van der Waals surface area contributed by atoms with Crippen LogP contribution in [0.4, 0.5) is 5.69 Å². The highest BCUT2D eigenvalue weighted by Gasteiger charge is 2.38. The monoisotopic (exact) mass is 338 g/mol. The number of rotatable bonds is 4. The normalized spacial score (nSPS) is 21.4. The molecule has 106 valence electrons. The SMILES string of the molecule is CCN(c1cccc(Br)c1C#N)C1COCC1C(=O)O. The molecule has 0 aliphatic carbocycles. The molecule has 6 heteroatoms. The van der Waals surface area contributed by atoms with Gasteiger partial charge in [-0.3, -0.25) is 4.79 Å². The molecule has 1 aliphatic heterocycles. The fourth-order valence-corrected chi connectivity index (χ4v) is 2.98. The molecule has 20 heavy (non-hydrogen) atoms. The molecule has 1 aromatic rings. The van der Waals surface area contributed by atoms with Gasteiger partial charge in [0, 0.05) is 11.0 Å². The molecule has 0 amide bonds. The second-order valence-corrected chi connectivity index (χ2v) is 5.44. The van der Waals surface area contributed by atoms with Gasteiger partial charge in [-0.25, -0.2) is 0 Å². The third kappa shape index (κ3) is 2.65. The number of aliphatic carboxylic acids is 1. The minimum Gasteiger partial charge on any atom is -0.481 e. The van der Waals surface area contributed by atoms with Crippen molar-refractivity contribution in [2.24, 2.45) is 5.92 Å². The van der Waals surface area contributed by atoms with Crippen molar-refractivity contribution < 1.29 is 14.6 Å². The smallest absolute Gasteiger partial charge is 0.311 e. The predicted octanol–water partition coefficient (Wildman–Crippen LogP) is 2.25. The van der Waals surface area contributed by atoms with E-state index >= 15 is 0 Å². The average molecular weight is 339 g/mol. The van der Waals surface area contributed by atoms with E-state index in [0.29, 0.717) is 23.2 Å². The van der Waals surface area contributed by atoms with E-state index < -0.39 is 11.9 Å². The van der Waals surface area contributed by atoms with E-state index in [2.05, 4.69) is 22.0 Å². The summed E-state index contributed by atoms with van der Waals surface area (Å²) in [5.41, 5.74) is 1.26. The third-order valence-electron chi connectivity index (χ3n) is 3.52. The topological polar surface area (TPSA) is 73.6 Å². The van der Waals surface area contributed by atoms with Crippen molar-refractivity contribution in [3.8, 4) is 6.07 Å². The van der Waals surface area contributed by atoms with Gasteiger partial charge in [0.25, 0.3) is 0 Å². The van der Waals surface area contributed by atoms with Gasteiger partial charge in [-0.2, -0.15) is 5.26 Å². The third-order valence-corrected chi connectivity index (χ3v) is 4.18. The highest BCUT2D eigenvalue weighted by molar-refractivity contribution is 9.10. The number of nitrogens with zero attached hydrogens (tertiary/aromatic N) is 2. The number of anilines is 1. The lowest BCUT2D eigenvalue weighted by atomic mass is 10.0. The predicted molar refractivity (Wildman–Crippen MR) is 77.6 cm³/mol. The van der Waals surface area contributed by atoms with Crippen LogP contribution in [-0.4, -0.2) is 36.9 Å². The maximum Gasteiger partial charge on any atom is 0.311 e. The number of hydrogen-bond donors (Lipinski definition) is 1. The van der Waals surface area contributed by atoms with Crippen LogP contribution in [0.2, 0.25) is 0 Å². The van der Waals surface area contributed by atoms with Gasteiger partial charge in [0.2, 0.25) is 0 Å². The van der Waals surface area contributed by atoms with Crippen LogP contribution in [0, 0.1) is 17.2 Å². The lowest BCUT2D eigenvalue weighted by Crippen LogP contribution is -2.43. The van der Waals surface area contributed by atoms with E-state index in [-0.39, 0.29) is 12.6 Å². The summed E-state index contributed by atoms with van der Waals surface area (Å²) in [6.07, 6.45) is 0. The zero-order valence-corrected chi connectivity index (χ0v) is 12.6. The van der Waals surface area contributed by atoms with E-state index in [0.717, 1.165) is 5.69 Å². The molecule has 2 rings (SSSR count). The largest absolute Gasteiger partial charge is 0.481 e. The van der Waals surface area contributed by atoms with Crippen molar-refractivity contribution in [3.05, 3.63) is 28.2 Å². The Morgan fingerprint density at radius 2 is 2.35 bits per heavy atom. The number of hydrogen-bond acceptors (Lipinski definition) is 4. The minimum atomic E-state index is -0.862. The number of carboxylic acid groups (broad SMARTS) is 1. The Bertz CT molecular complexity index is 556. The van der Waals surface area contributed by atoms with Crippen molar-refractivity contribution in [2.75, 3.05) is 24.7 Å².